The SMILES string of the molecule is Cc1ccc(CN(C)C/C=C\C#CC(C)(C)C)cc1OCc1ccccc1. The maximum Gasteiger partial charge on any atom is 0.123 e. The van der Waals surface area contributed by atoms with E-state index in [9.17, 15) is 0 Å². The second-order valence-electron chi connectivity index (χ2n) is 7.99. The predicted molar refractivity (Wildman–Crippen MR) is 115 cm³/mol. The zero-order valence-electron chi connectivity index (χ0n) is 17.3. The molecular weight excluding hydrogens is 330 g/mol. The highest BCUT2D eigenvalue weighted by Crippen LogP contribution is 2.21. The Balaban J connectivity index is 1.90. The van der Waals surface area contributed by atoms with Gasteiger partial charge in [0.2, 0.25) is 0 Å². The summed E-state index contributed by atoms with van der Waals surface area (Å²) in [7, 11) is 2.12. The molecule has 0 saturated carbocycles. The van der Waals surface area contributed by atoms with Crippen molar-refractivity contribution in [1.82, 2.24) is 4.90 Å². The normalized spacial score (nSPS) is 11.5. The molecule has 0 fully saturated rings. The molecule has 0 amide bonds. The molecule has 0 aromatic heterocycles. The average molecular weight is 362 g/mol. The Kier molecular flexibility index (Phi) is 7.70. The zero-order valence-corrected chi connectivity index (χ0v) is 17.3. The summed E-state index contributed by atoms with van der Waals surface area (Å²) in [4.78, 5) is 2.26. The Hall–Kier alpha value is -2.50. The molecule has 0 radical (unpaired) electrons. The van der Waals surface area contributed by atoms with Crippen molar-refractivity contribution in [3.05, 3.63) is 77.4 Å². The molecule has 0 atom stereocenters. The van der Waals surface area contributed by atoms with Gasteiger partial charge in [-0.1, -0.05) is 60.4 Å². The molecular formula is C25H31NO. The number of hydrogen-bond acceptors (Lipinski definition) is 2. The van der Waals surface area contributed by atoms with Crippen LogP contribution in [0.15, 0.2) is 60.7 Å². The highest BCUT2D eigenvalue weighted by molar-refractivity contribution is 5.37. The van der Waals surface area contributed by atoms with Crippen LogP contribution < -0.4 is 4.74 Å². The van der Waals surface area contributed by atoms with Gasteiger partial charge in [0.1, 0.15) is 12.4 Å². The molecule has 0 unspecified atom stereocenters. The minimum atomic E-state index is 0.0499. The second-order valence-corrected chi connectivity index (χ2v) is 7.99. The van der Waals surface area contributed by atoms with E-state index in [1.165, 1.54) is 11.1 Å². The van der Waals surface area contributed by atoms with Crippen LogP contribution in [0.3, 0.4) is 0 Å². The topological polar surface area (TPSA) is 12.5 Å². The van der Waals surface area contributed by atoms with Gasteiger partial charge < -0.3 is 4.74 Å². The zero-order chi connectivity index (χ0) is 19.7. The van der Waals surface area contributed by atoms with Crippen LogP contribution in [0.1, 0.15) is 37.5 Å². The molecule has 2 aromatic rings. The van der Waals surface area contributed by atoms with E-state index in [-0.39, 0.29) is 5.41 Å². The summed E-state index contributed by atoms with van der Waals surface area (Å²) >= 11 is 0. The third-order valence-electron chi connectivity index (χ3n) is 4.01. The van der Waals surface area contributed by atoms with Gasteiger partial charge in [-0.05, 0) is 63.6 Å². The summed E-state index contributed by atoms with van der Waals surface area (Å²) in [5.74, 6) is 7.29. The molecule has 142 valence electrons. The van der Waals surface area contributed by atoms with Gasteiger partial charge in [0.05, 0.1) is 0 Å². The second kappa shape index (κ2) is 10.00. The van der Waals surface area contributed by atoms with Crippen LogP contribution in [-0.4, -0.2) is 18.5 Å². The maximum absolute atomic E-state index is 6.04. The largest absolute Gasteiger partial charge is 0.489 e. The Morgan fingerprint density at radius 3 is 2.48 bits per heavy atom. The maximum atomic E-state index is 6.04. The van der Waals surface area contributed by atoms with Crippen molar-refractivity contribution in [3.63, 3.8) is 0 Å². The fourth-order valence-corrected chi connectivity index (χ4v) is 2.56. The van der Waals surface area contributed by atoms with E-state index in [1.807, 2.05) is 24.3 Å². The molecule has 0 saturated heterocycles. The van der Waals surface area contributed by atoms with Crippen LogP contribution in [-0.2, 0) is 13.2 Å². The molecule has 0 bridgehead atoms. The molecule has 2 rings (SSSR count). The quantitative estimate of drug-likeness (QED) is 0.594. The van der Waals surface area contributed by atoms with Crippen molar-refractivity contribution >= 4 is 0 Å². The minimum absolute atomic E-state index is 0.0499. The van der Waals surface area contributed by atoms with Gasteiger partial charge in [0.25, 0.3) is 0 Å². The molecule has 2 nitrogen and oxygen atoms in total. The number of aryl methyl sites for hydroxylation is 1. The summed E-state index contributed by atoms with van der Waals surface area (Å²) in [5.41, 5.74) is 3.64. The van der Waals surface area contributed by atoms with Gasteiger partial charge in [-0.2, -0.15) is 0 Å². The Morgan fingerprint density at radius 1 is 1.04 bits per heavy atom. The summed E-state index contributed by atoms with van der Waals surface area (Å²) in [6.07, 6.45) is 4.06. The number of benzene rings is 2. The standard InChI is InChI=1S/C25H31NO/c1-21-14-15-23(18-24(21)27-20-22-12-8-6-9-13-22)19-26(5)17-11-7-10-16-25(2,3)4/h6-9,11-15,18H,17,19-20H2,1-5H3/b11-7-. The van der Waals surface area contributed by atoms with Crippen molar-refractivity contribution in [1.29, 1.82) is 0 Å². The molecule has 2 aromatic carbocycles. The fourth-order valence-electron chi connectivity index (χ4n) is 2.56. The lowest BCUT2D eigenvalue weighted by Gasteiger charge is -2.16. The number of likely N-dealkylation sites (N-methyl/N-ethyl adjacent to an activating group) is 1. The van der Waals surface area contributed by atoms with E-state index < -0.39 is 0 Å². The number of allylic oxidation sites excluding steroid dienone is 1. The van der Waals surface area contributed by atoms with Crippen LogP contribution in [0.4, 0.5) is 0 Å². The molecule has 27 heavy (non-hydrogen) atoms. The van der Waals surface area contributed by atoms with Crippen LogP contribution in [0.25, 0.3) is 0 Å². The van der Waals surface area contributed by atoms with Gasteiger partial charge >= 0.3 is 0 Å². The summed E-state index contributed by atoms with van der Waals surface area (Å²) in [5, 5.41) is 0. The average Bonchev–Trinajstić information content (AvgIpc) is 2.62. The van der Waals surface area contributed by atoms with E-state index in [4.69, 9.17) is 4.74 Å². The highest BCUT2D eigenvalue weighted by atomic mass is 16.5. The van der Waals surface area contributed by atoms with E-state index in [0.29, 0.717) is 6.61 Å². The third kappa shape index (κ3) is 8.15. The first-order valence-corrected chi connectivity index (χ1v) is 9.46. The Morgan fingerprint density at radius 2 is 1.78 bits per heavy atom. The number of ether oxygens (including phenoxy) is 1. The molecule has 0 aliphatic heterocycles. The minimum Gasteiger partial charge on any atom is -0.489 e. The Bertz CT molecular complexity index is 804. The Labute approximate surface area is 164 Å². The molecule has 0 aliphatic rings. The molecule has 0 spiro atoms. The van der Waals surface area contributed by atoms with Crippen molar-refractivity contribution in [2.45, 2.75) is 40.8 Å². The van der Waals surface area contributed by atoms with E-state index in [0.717, 1.165) is 24.4 Å². The smallest absolute Gasteiger partial charge is 0.123 e. The van der Waals surface area contributed by atoms with Crippen LogP contribution in [0.2, 0.25) is 0 Å². The lowest BCUT2D eigenvalue weighted by molar-refractivity contribution is 0.302. The molecule has 0 aliphatic carbocycles. The first-order chi connectivity index (χ1) is 12.8. The third-order valence-corrected chi connectivity index (χ3v) is 4.01. The van der Waals surface area contributed by atoms with Crippen molar-refractivity contribution in [2.75, 3.05) is 13.6 Å². The summed E-state index contributed by atoms with van der Waals surface area (Å²) < 4.78 is 6.04. The van der Waals surface area contributed by atoms with Crippen molar-refractivity contribution < 1.29 is 4.74 Å². The first-order valence-electron chi connectivity index (χ1n) is 9.46. The van der Waals surface area contributed by atoms with Gasteiger partial charge in [-0.25, -0.2) is 0 Å². The number of hydrogen-bond donors (Lipinski definition) is 0. The van der Waals surface area contributed by atoms with E-state index >= 15 is 0 Å². The van der Waals surface area contributed by atoms with E-state index in [2.05, 4.69) is 87.9 Å². The summed E-state index contributed by atoms with van der Waals surface area (Å²) in [6, 6.07) is 16.7. The van der Waals surface area contributed by atoms with Gasteiger partial charge in [0.15, 0.2) is 0 Å². The summed E-state index contributed by atoms with van der Waals surface area (Å²) in [6.45, 7) is 10.8. The van der Waals surface area contributed by atoms with Crippen LogP contribution >= 0.6 is 0 Å². The monoisotopic (exact) mass is 361 g/mol. The van der Waals surface area contributed by atoms with Crippen LogP contribution in [0.5, 0.6) is 5.75 Å². The predicted octanol–water partition coefficient (Wildman–Crippen LogP) is 5.61. The molecule has 2 heteroatoms. The van der Waals surface area contributed by atoms with Gasteiger partial charge in [-0.3, -0.25) is 4.90 Å². The molecule has 0 N–H and O–H groups in total. The van der Waals surface area contributed by atoms with Gasteiger partial charge in [0, 0.05) is 18.5 Å². The molecule has 0 heterocycles. The van der Waals surface area contributed by atoms with Crippen molar-refractivity contribution in [2.24, 2.45) is 5.41 Å². The van der Waals surface area contributed by atoms with Gasteiger partial charge in [-0.15, -0.1) is 0 Å². The first kappa shape index (κ1) is 20.8. The lowest BCUT2D eigenvalue weighted by Crippen LogP contribution is -2.17. The van der Waals surface area contributed by atoms with Crippen LogP contribution in [0, 0.1) is 24.2 Å². The fraction of sp³-hybridized carbons (Fsp3) is 0.360. The number of rotatable bonds is 7. The van der Waals surface area contributed by atoms with Crippen molar-refractivity contribution in [3.8, 4) is 17.6 Å². The highest BCUT2D eigenvalue weighted by Gasteiger charge is 2.05. The lowest BCUT2D eigenvalue weighted by atomic mass is 9.98. The number of nitrogens with zero attached hydrogens (tertiary/aromatic N) is 1. The van der Waals surface area contributed by atoms with E-state index in [1.54, 1.807) is 0 Å².